The Hall–Kier alpha value is -1.14. The van der Waals surface area contributed by atoms with Crippen LogP contribution in [0.2, 0.25) is 0 Å². The second kappa shape index (κ2) is 29.7. The van der Waals surface area contributed by atoms with Gasteiger partial charge in [-0.1, -0.05) is 29.7 Å². The first-order chi connectivity index (χ1) is 4.54. The van der Waals surface area contributed by atoms with Gasteiger partial charge in [0.1, 0.15) is 0 Å². The highest BCUT2D eigenvalue weighted by Crippen LogP contribution is 1.60. The Kier molecular flexibility index (Phi) is 81.6. The molecule has 0 aromatic carbocycles. The van der Waals surface area contributed by atoms with Gasteiger partial charge in [-0.25, -0.2) is 9.59 Å². The lowest BCUT2D eigenvalue weighted by atomic mass is 10.9. The van der Waals surface area contributed by atoms with Gasteiger partial charge in [-0.2, -0.15) is 10.5 Å². The van der Waals surface area contributed by atoms with E-state index in [0.717, 1.165) is 13.8 Å². The summed E-state index contributed by atoms with van der Waals surface area (Å²) in [5.41, 5.74) is 0. The molecular weight excluding hydrogens is 192 g/mol. The molecule has 0 radical (unpaired) electrons. The first-order valence-corrected chi connectivity index (χ1v) is 2.18. The quantitative estimate of drug-likeness (QED) is 0.477. The Labute approximate surface area is 86.3 Å². The molecule has 92 valence electrons. The van der Waals surface area contributed by atoms with Gasteiger partial charge in [0.15, 0.2) is 0 Å². The maximum Gasteiger partial charge on any atom is 0.339 e. The molecule has 0 saturated carbocycles. The average molecular weight is 216 g/mol. The maximum absolute atomic E-state index is 9.34. The van der Waals surface area contributed by atoms with Crippen LogP contribution >= 0.6 is 0 Å². The minimum atomic E-state index is -0.690. The molecule has 0 rings (SSSR count). The molecule has 0 aliphatic carbocycles. The Morgan fingerprint density at radius 3 is 0.857 bits per heavy atom. The highest BCUT2D eigenvalue weighted by atomic mass is 17.1. The van der Waals surface area contributed by atoms with E-state index in [4.69, 9.17) is 10.5 Å². The Morgan fingerprint density at radius 2 is 0.857 bits per heavy atom. The van der Waals surface area contributed by atoms with Crippen molar-refractivity contribution in [2.45, 2.75) is 43.6 Å². The summed E-state index contributed by atoms with van der Waals surface area (Å²) in [6.07, 6.45) is 0. The second-order valence-corrected chi connectivity index (χ2v) is 1.17. The van der Waals surface area contributed by atoms with E-state index in [-0.39, 0.29) is 29.7 Å². The van der Waals surface area contributed by atoms with Crippen LogP contribution < -0.4 is 0 Å². The summed E-state index contributed by atoms with van der Waals surface area (Å²) in [4.78, 5) is 24.9. The molecule has 0 amide bonds. The molecule has 0 aliphatic rings. The van der Waals surface area contributed by atoms with Crippen molar-refractivity contribution in [1.82, 2.24) is 0 Å². The van der Waals surface area contributed by atoms with Gasteiger partial charge < -0.3 is 9.78 Å². The maximum atomic E-state index is 9.34. The zero-order valence-corrected chi connectivity index (χ0v) is 5.53. The van der Waals surface area contributed by atoms with Gasteiger partial charge in [-0.3, -0.25) is 0 Å². The Morgan fingerprint density at radius 1 is 0.786 bits per heavy atom. The fourth-order valence-electron chi connectivity index (χ4n) is 0. The van der Waals surface area contributed by atoms with E-state index in [1.165, 1.54) is 0 Å². The molecule has 0 aromatic heterocycles. The average Bonchev–Trinajstić information content (AvgIpc) is 1.89. The van der Waals surface area contributed by atoms with Crippen LogP contribution in [-0.4, -0.2) is 22.5 Å². The normalized spacial score (nSPS) is 4.86. The van der Waals surface area contributed by atoms with Crippen molar-refractivity contribution in [2.75, 3.05) is 0 Å². The number of carbonyl (C=O) groups excluding carboxylic acids is 2. The van der Waals surface area contributed by atoms with Crippen molar-refractivity contribution in [2.24, 2.45) is 0 Å². The van der Waals surface area contributed by atoms with Crippen LogP contribution in [0.1, 0.15) is 43.6 Å². The van der Waals surface area contributed by atoms with Crippen LogP contribution in [0.25, 0.3) is 0 Å². The lowest BCUT2D eigenvalue weighted by molar-refractivity contribution is -0.231. The molecule has 6 nitrogen and oxygen atoms in total. The molecule has 0 saturated heterocycles. The number of hydrogen-bond acceptors (Lipinski definition) is 6. The van der Waals surface area contributed by atoms with Gasteiger partial charge in [0, 0.05) is 13.8 Å². The summed E-state index contributed by atoms with van der Waals surface area (Å²) in [6.45, 7) is 2.22. The zero-order chi connectivity index (χ0) is 8.57. The summed E-state index contributed by atoms with van der Waals surface area (Å²) < 4.78 is 0. The summed E-state index contributed by atoms with van der Waals surface area (Å²) in [5.74, 6) is -1.38. The molecule has 0 atom stereocenters. The van der Waals surface area contributed by atoms with Crippen LogP contribution in [0.3, 0.4) is 0 Å². The van der Waals surface area contributed by atoms with Crippen molar-refractivity contribution in [1.29, 1.82) is 0 Å². The second-order valence-electron chi connectivity index (χ2n) is 1.17. The predicted molar refractivity (Wildman–Crippen MR) is 55.7 cm³/mol. The van der Waals surface area contributed by atoms with E-state index < -0.39 is 11.9 Å². The molecular formula is C8H24O6. The first-order valence-electron chi connectivity index (χ1n) is 2.18. The molecule has 0 aromatic rings. The third kappa shape index (κ3) is 129. The smallest absolute Gasteiger partial charge is 0.301 e. The van der Waals surface area contributed by atoms with Gasteiger partial charge in [-0.15, -0.1) is 0 Å². The fraction of sp³-hybridized carbons (Fsp3) is 0.750. The standard InChI is InChI=1S/2C2H4O3.4CH4/c2*1-2(3)5-4;;;;/h2*4H,1H3;4*1H4. The number of hydrogen-bond donors (Lipinski definition) is 2. The zero-order valence-electron chi connectivity index (χ0n) is 5.53. The van der Waals surface area contributed by atoms with Gasteiger partial charge >= 0.3 is 11.9 Å². The predicted octanol–water partition coefficient (Wildman–Crippen LogP) is 2.59. The largest absolute Gasteiger partial charge is 0.339 e. The molecule has 0 spiro atoms. The van der Waals surface area contributed by atoms with Crippen molar-refractivity contribution in [3.8, 4) is 0 Å². The van der Waals surface area contributed by atoms with Crippen LogP contribution in [-0.2, 0) is 19.4 Å². The molecule has 6 heteroatoms. The van der Waals surface area contributed by atoms with E-state index >= 15 is 0 Å². The van der Waals surface area contributed by atoms with Crippen molar-refractivity contribution < 1.29 is 29.9 Å². The summed E-state index contributed by atoms with van der Waals surface area (Å²) in [7, 11) is 0. The number of carbonyl (C=O) groups is 2. The molecule has 0 heterocycles. The van der Waals surface area contributed by atoms with E-state index in [1.807, 2.05) is 0 Å². The van der Waals surface area contributed by atoms with E-state index in [9.17, 15) is 9.59 Å². The Bertz CT molecular complexity index is 98.4. The lowest BCUT2D eigenvalue weighted by Crippen LogP contribution is -1.89. The van der Waals surface area contributed by atoms with Crippen LogP contribution in [0.15, 0.2) is 0 Å². The highest BCUT2D eigenvalue weighted by Gasteiger charge is 1.79. The lowest BCUT2D eigenvalue weighted by Gasteiger charge is -1.76. The molecule has 0 bridgehead atoms. The minimum absolute atomic E-state index is 0. The molecule has 0 fully saturated rings. The molecule has 0 aliphatic heterocycles. The highest BCUT2D eigenvalue weighted by molar-refractivity contribution is 5.65. The molecule has 2 N–H and O–H groups in total. The van der Waals surface area contributed by atoms with Crippen LogP contribution in [0, 0.1) is 0 Å². The third-order valence-electron chi connectivity index (χ3n) is 0.257. The first kappa shape index (κ1) is 38.4. The van der Waals surface area contributed by atoms with Crippen LogP contribution in [0.5, 0.6) is 0 Å². The fourth-order valence-corrected chi connectivity index (χ4v) is 0. The summed E-state index contributed by atoms with van der Waals surface area (Å²) in [5, 5.41) is 14.6. The van der Waals surface area contributed by atoms with Gasteiger partial charge in [0.05, 0.1) is 0 Å². The SMILES string of the molecule is C.C.C.C.CC(=O)OO.CC(=O)OO. The molecule has 14 heavy (non-hydrogen) atoms. The van der Waals surface area contributed by atoms with E-state index in [0.29, 0.717) is 0 Å². The van der Waals surface area contributed by atoms with E-state index in [2.05, 4.69) is 9.78 Å². The summed E-state index contributed by atoms with van der Waals surface area (Å²) in [6, 6.07) is 0. The minimum Gasteiger partial charge on any atom is -0.301 e. The Balaban J connectivity index is -0.0000000178. The topological polar surface area (TPSA) is 93.1 Å². The third-order valence-corrected chi connectivity index (χ3v) is 0.257. The van der Waals surface area contributed by atoms with Crippen LogP contribution in [0.4, 0.5) is 0 Å². The van der Waals surface area contributed by atoms with Gasteiger partial charge in [0.2, 0.25) is 0 Å². The monoisotopic (exact) mass is 216 g/mol. The van der Waals surface area contributed by atoms with Crippen molar-refractivity contribution in [3.05, 3.63) is 0 Å². The van der Waals surface area contributed by atoms with Crippen molar-refractivity contribution in [3.63, 3.8) is 0 Å². The van der Waals surface area contributed by atoms with Crippen molar-refractivity contribution >= 4 is 11.9 Å². The van der Waals surface area contributed by atoms with Gasteiger partial charge in [-0.05, 0) is 0 Å². The van der Waals surface area contributed by atoms with Gasteiger partial charge in [0.25, 0.3) is 0 Å². The molecule has 0 unspecified atom stereocenters. The van der Waals surface area contributed by atoms with E-state index in [1.54, 1.807) is 0 Å². The summed E-state index contributed by atoms with van der Waals surface area (Å²) >= 11 is 0. The number of rotatable bonds is 0.